The van der Waals surface area contributed by atoms with Crippen molar-refractivity contribution in [2.75, 3.05) is 6.54 Å². The molecule has 7 nitrogen and oxygen atoms in total. The monoisotopic (exact) mass is 223 g/mol. The fourth-order valence-electron chi connectivity index (χ4n) is 1.11. The van der Waals surface area contributed by atoms with E-state index in [0.29, 0.717) is 12.2 Å². The van der Waals surface area contributed by atoms with E-state index in [9.17, 15) is 4.79 Å². The standard InChI is InChI=1S/C9H13N5O2/c10-8(15)5-12-4-6-1-2-13-7(3-6)9(11)14-16/h1-3,12,16H,4-5H2,(H2,10,15)(H2,11,14). The van der Waals surface area contributed by atoms with E-state index >= 15 is 0 Å². The van der Waals surface area contributed by atoms with E-state index in [1.807, 2.05) is 0 Å². The fourth-order valence-corrected chi connectivity index (χ4v) is 1.11. The van der Waals surface area contributed by atoms with Gasteiger partial charge < -0.3 is 22.0 Å². The van der Waals surface area contributed by atoms with Crippen molar-refractivity contribution in [1.29, 1.82) is 0 Å². The third kappa shape index (κ3) is 3.54. The second-order valence-electron chi connectivity index (χ2n) is 3.10. The molecule has 0 saturated heterocycles. The average Bonchev–Trinajstić information content (AvgIpc) is 2.28. The molecule has 0 atom stereocenters. The van der Waals surface area contributed by atoms with Crippen LogP contribution in [-0.4, -0.2) is 28.5 Å². The lowest BCUT2D eigenvalue weighted by Crippen LogP contribution is -2.28. The van der Waals surface area contributed by atoms with Crippen molar-refractivity contribution < 1.29 is 10.0 Å². The third-order valence-electron chi connectivity index (χ3n) is 1.82. The molecule has 0 radical (unpaired) electrons. The lowest BCUT2D eigenvalue weighted by Gasteiger charge is -2.04. The van der Waals surface area contributed by atoms with Crippen LogP contribution >= 0.6 is 0 Å². The first-order chi connectivity index (χ1) is 7.63. The van der Waals surface area contributed by atoms with Gasteiger partial charge in [-0.2, -0.15) is 0 Å². The molecule has 1 amide bonds. The molecule has 1 heterocycles. The summed E-state index contributed by atoms with van der Waals surface area (Å²) in [6, 6.07) is 3.41. The Morgan fingerprint density at radius 1 is 1.56 bits per heavy atom. The van der Waals surface area contributed by atoms with Gasteiger partial charge in [-0.3, -0.25) is 9.78 Å². The van der Waals surface area contributed by atoms with E-state index in [-0.39, 0.29) is 12.4 Å². The van der Waals surface area contributed by atoms with Crippen LogP contribution in [0.3, 0.4) is 0 Å². The Balaban J connectivity index is 2.64. The van der Waals surface area contributed by atoms with E-state index < -0.39 is 5.91 Å². The molecule has 6 N–H and O–H groups in total. The molecule has 0 aliphatic carbocycles. The maximum absolute atomic E-state index is 10.5. The molecular weight excluding hydrogens is 210 g/mol. The number of amides is 1. The number of nitrogens with one attached hydrogen (secondary N) is 1. The summed E-state index contributed by atoms with van der Waals surface area (Å²) in [5.74, 6) is -0.484. The molecule has 16 heavy (non-hydrogen) atoms. The Bertz CT molecular complexity index is 405. The van der Waals surface area contributed by atoms with Gasteiger partial charge in [-0.25, -0.2) is 0 Å². The largest absolute Gasteiger partial charge is 0.409 e. The third-order valence-corrected chi connectivity index (χ3v) is 1.82. The van der Waals surface area contributed by atoms with Crippen LogP contribution in [0.4, 0.5) is 0 Å². The molecule has 0 spiro atoms. The highest BCUT2D eigenvalue weighted by molar-refractivity contribution is 5.95. The van der Waals surface area contributed by atoms with E-state index in [0.717, 1.165) is 5.56 Å². The number of primary amides is 1. The van der Waals surface area contributed by atoms with Crippen molar-refractivity contribution in [1.82, 2.24) is 10.3 Å². The highest BCUT2D eigenvalue weighted by Crippen LogP contribution is 2.01. The van der Waals surface area contributed by atoms with Crippen LogP contribution in [0.1, 0.15) is 11.3 Å². The summed E-state index contributed by atoms with van der Waals surface area (Å²) in [5.41, 5.74) is 11.6. The smallest absolute Gasteiger partial charge is 0.231 e. The summed E-state index contributed by atoms with van der Waals surface area (Å²) in [5, 5.41) is 14.2. The van der Waals surface area contributed by atoms with E-state index in [2.05, 4.69) is 15.5 Å². The molecule has 0 bridgehead atoms. The van der Waals surface area contributed by atoms with Crippen molar-refractivity contribution in [3.05, 3.63) is 29.6 Å². The van der Waals surface area contributed by atoms with Gasteiger partial charge in [-0.15, -0.1) is 0 Å². The number of oxime groups is 1. The number of pyridine rings is 1. The quantitative estimate of drug-likeness (QED) is 0.215. The van der Waals surface area contributed by atoms with Gasteiger partial charge in [0.1, 0.15) is 5.69 Å². The molecule has 0 saturated carbocycles. The van der Waals surface area contributed by atoms with Crippen molar-refractivity contribution >= 4 is 11.7 Å². The topological polar surface area (TPSA) is 127 Å². The first-order valence-electron chi connectivity index (χ1n) is 4.55. The van der Waals surface area contributed by atoms with E-state index in [1.165, 1.54) is 6.20 Å². The minimum Gasteiger partial charge on any atom is -0.409 e. The van der Waals surface area contributed by atoms with Gasteiger partial charge >= 0.3 is 0 Å². The Kier molecular flexibility index (Phi) is 4.22. The highest BCUT2D eigenvalue weighted by Gasteiger charge is 2.02. The molecule has 0 fully saturated rings. The van der Waals surface area contributed by atoms with Crippen molar-refractivity contribution in [3.63, 3.8) is 0 Å². The van der Waals surface area contributed by atoms with Gasteiger partial charge in [0.25, 0.3) is 0 Å². The molecule has 0 aliphatic rings. The number of nitrogens with two attached hydrogens (primary N) is 2. The average molecular weight is 223 g/mol. The fraction of sp³-hybridized carbons (Fsp3) is 0.222. The van der Waals surface area contributed by atoms with Gasteiger partial charge in [0.15, 0.2) is 5.84 Å². The Morgan fingerprint density at radius 3 is 2.94 bits per heavy atom. The molecule has 0 unspecified atom stereocenters. The van der Waals surface area contributed by atoms with Crippen LogP contribution in [0.2, 0.25) is 0 Å². The number of hydrogen-bond donors (Lipinski definition) is 4. The molecule has 1 rings (SSSR count). The van der Waals surface area contributed by atoms with Gasteiger partial charge in [0.2, 0.25) is 5.91 Å². The Labute approximate surface area is 92.1 Å². The molecular formula is C9H13N5O2. The maximum Gasteiger partial charge on any atom is 0.231 e. The summed E-state index contributed by atoms with van der Waals surface area (Å²) in [7, 11) is 0. The van der Waals surface area contributed by atoms with Crippen LogP contribution in [0, 0.1) is 0 Å². The Morgan fingerprint density at radius 2 is 2.31 bits per heavy atom. The number of hydrogen-bond acceptors (Lipinski definition) is 5. The summed E-state index contributed by atoms with van der Waals surface area (Å²) >= 11 is 0. The minimum atomic E-state index is -0.425. The van der Waals surface area contributed by atoms with E-state index in [1.54, 1.807) is 12.1 Å². The highest BCUT2D eigenvalue weighted by atomic mass is 16.4. The first kappa shape index (κ1) is 11.9. The predicted octanol–water partition coefficient (Wildman–Crippen LogP) is -1.25. The summed E-state index contributed by atoms with van der Waals surface area (Å²) in [4.78, 5) is 14.4. The van der Waals surface area contributed by atoms with Crippen LogP contribution in [0.25, 0.3) is 0 Å². The van der Waals surface area contributed by atoms with Crippen LogP contribution in [-0.2, 0) is 11.3 Å². The Hall–Kier alpha value is -2.15. The number of aromatic nitrogens is 1. The zero-order chi connectivity index (χ0) is 12.0. The van der Waals surface area contributed by atoms with Gasteiger partial charge in [0, 0.05) is 12.7 Å². The van der Waals surface area contributed by atoms with Crippen LogP contribution in [0.5, 0.6) is 0 Å². The lowest BCUT2D eigenvalue weighted by atomic mass is 10.2. The van der Waals surface area contributed by atoms with Crippen molar-refractivity contribution in [2.45, 2.75) is 6.54 Å². The lowest BCUT2D eigenvalue weighted by molar-refractivity contribution is -0.117. The zero-order valence-electron chi connectivity index (χ0n) is 8.55. The number of rotatable bonds is 5. The van der Waals surface area contributed by atoms with Gasteiger partial charge in [-0.1, -0.05) is 5.16 Å². The molecule has 0 aliphatic heterocycles. The molecule has 0 aromatic carbocycles. The second-order valence-corrected chi connectivity index (χ2v) is 3.10. The number of carbonyl (C=O) groups is 1. The number of nitrogens with zero attached hydrogens (tertiary/aromatic N) is 2. The van der Waals surface area contributed by atoms with Gasteiger partial charge in [0.05, 0.1) is 6.54 Å². The summed E-state index contributed by atoms with van der Waals surface area (Å²) < 4.78 is 0. The summed E-state index contributed by atoms with van der Waals surface area (Å²) in [6.07, 6.45) is 1.54. The van der Waals surface area contributed by atoms with Crippen LogP contribution < -0.4 is 16.8 Å². The van der Waals surface area contributed by atoms with Gasteiger partial charge in [-0.05, 0) is 17.7 Å². The van der Waals surface area contributed by atoms with E-state index in [4.69, 9.17) is 16.7 Å². The molecule has 86 valence electrons. The number of carbonyl (C=O) groups excluding carboxylic acids is 1. The SMILES string of the molecule is NC(=O)CNCc1ccnc(C(N)=NO)c1. The zero-order valence-corrected chi connectivity index (χ0v) is 8.55. The normalized spacial score (nSPS) is 11.4. The van der Waals surface area contributed by atoms with Crippen LogP contribution in [0.15, 0.2) is 23.5 Å². The van der Waals surface area contributed by atoms with Crippen molar-refractivity contribution in [3.8, 4) is 0 Å². The molecule has 1 aromatic heterocycles. The van der Waals surface area contributed by atoms with Crippen molar-refractivity contribution in [2.24, 2.45) is 16.6 Å². The number of amidine groups is 1. The minimum absolute atomic E-state index is 0.0586. The summed E-state index contributed by atoms with van der Waals surface area (Å²) in [6.45, 7) is 0.554. The maximum atomic E-state index is 10.5. The second kappa shape index (κ2) is 5.66. The molecule has 1 aromatic rings. The predicted molar refractivity (Wildman–Crippen MR) is 57.6 cm³/mol. The first-order valence-corrected chi connectivity index (χ1v) is 4.55. The molecule has 7 heteroatoms.